The molecule has 6 heteroatoms. The Labute approximate surface area is 226 Å². The van der Waals surface area contributed by atoms with Gasteiger partial charge in [0.05, 0.1) is 24.6 Å². The van der Waals surface area contributed by atoms with Crippen LogP contribution in [0.3, 0.4) is 0 Å². The Hall–Kier alpha value is -3.12. The number of nitrogens with zero attached hydrogens (tertiary/aromatic N) is 3. The number of aliphatic hydroxyl groups is 1. The zero-order chi connectivity index (χ0) is 26.6. The van der Waals surface area contributed by atoms with Crippen molar-refractivity contribution in [2.24, 2.45) is 11.8 Å². The molecule has 6 nitrogen and oxygen atoms in total. The zero-order valence-corrected chi connectivity index (χ0v) is 23.0. The Morgan fingerprint density at radius 1 is 1.00 bits per heavy atom. The fraction of sp³-hybridized carbons (Fsp3) is 0.500. The van der Waals surface area contributed by atoms with Gasteiger partial charge in [-0.2, -0.15) is 5.10 Å². The number of amides is 1. The van der Waals surface area contributed by atoms with Crippen LogP contribution in [-0.4, -0.2) is 40.6 Å². The van der Waals surface area contributed by atoms with Gasteiger partial charge in [0, 0.05) is 24.3 Å². The van der Waals surface area contributed by atoms with Gasteiger partial charge in [-0.25, -0.2) is 4.68 Å². The molecule has 0 spiro atoms. The van der Waals surface area contributed by atoms with E-state index in [0.29, 0.717) is 24.7 Å². The lowest BCUT2D eigenvalue weighted by Crippen LogP contribution is -2.41. The normalized spacial score (nSPS) is 23.7. The predicted molar refractivity (Wildman–Crippen MR) is 151 cm³/mol. The molecule has 1 aromatic heterocycles. The van der Waals surface area contributed by atoms with Gasteiger partial charge in [0.25, 0.3) is 0 Å². The van der Waals surface area contributed by atoms with E-state index >= 15 is 0 Å². The van der Waals surface area contributed by atoms with E-state index in [1.165, 1.54) is 11.1 Å². The first-order valence-corrected chi connectivity index (χ1v) is 14.2. The summed E-state index contributed by atoms with van der Waals surface area (Å²) in [5.41, 5.74) is 5.46. The number of aryl methyl sites for hydroxylation is 2. The van der Waals surface area contributed by atoms with Crippen molar-refractivity contribution in [3.63, 3.8) is 0 Å². The van der Waals surface area contributed by atoms with Gasteiger partial charge in [-0.15, -0.1) is 0 Å². The van der Waals surface area contributed by atoms with Gasteiger partial charge in [-0.05, 0) is 119 Å². The van der Waals surface area contributed by atoms with E-state index in [1.807, 2.05) is 40.9 Å². The topological polar surface area (TPSA) is 67.6 Å². The van der Waals surface area contributed by atoms with Crippen LogP contribution in [0.4, 0.5) is 5.69 Å². The summed E-state index contributed by atoms with van der Waals surface area (Å²) in [5.74, 6) is 2.16. The Morgan fingerprint density at radius 3 is 2.42 bits per heavy atom. The second-order valence-corrected chi connectivity index (χ2v) is 11.3. The lowest BCUT2D eigenvalue weighted by atomic mass is 9.78. The minimum Gasteiger partial charge on any atom is -0.496 e. The van der Waals surface area contributed by atoms with Crippen molar-refractivity contribution in [3.05, 3.63) is 71.5 Å². The molecule has 2 aliphatic carbocycles. The molecule has 2 saturated carbocycles. The number of aliphatic hydroxyl groups excluding tert-OH is 1. The lowest BCUT2D eigenvalue weighted by Gasteiger charge is -2.36. The maximum Gasteiger partial charge on any atom is 0.230 e. The molecule has 0 unspecified atom stereocenters. The molecule has 2 aliphatic rings. The summed E-state index contributed by atoms with van der Waals surface area (Å²) in [6.07, 6.45) is 9.15. The molecule has 38 heavy (non-hydrogen) atoms. The van der Waals surface area contributed by atoms with E-state index in [-0.39, 0.29) is 17.9 Å². The maximum absolute atomic E-state index is 13.9. The number of carbonyl (C=O) groups is 1. The second-order valence-electron chi connectivity index (χ2n) is 11.3. The first-order valence-electron chi connectivity index (χ1n) is 14.2. The molecule has 3 aromatic rings. The van der Waals surface area contributed by atoms with Crippen molar-refractivity contribution in [2.75, 3.05) is 18.6 Å². The predicted octanol–water partition coefficient (Wildman–Crippen LogP) is 6.36. The summed E-state index contributed by atoms with van der Waals surface area (Å²) in [5, 5.41) is 14.6. The molecule has 0 bridgehead atoms. The summed E-state index contributed by atoms with van der Waals surface area (Å²) >= 11 is 0. The number of carbonyl (C=O) groups excluding carboxylic acids is 1. The van der Waals surface area contributed by atoms with Crippen LogP contribution in [0, 0.1) is 25.7 Å². The van der Waals surface area contributed by atoms with Crippen molar-refractivity contribution in [1.29, 1.82) is 0 Å². The van der Waals surface area contributed by atoms with Gasteiger partial charge in [0.15, 0.2) is 0 Å². The Bertz CT molecular complexity index is 1240. The van der Waals surface area contributed by atoms with Gasteiger partial charge in [0.2, 0.25) is 5.91 Å². The van der Waals surface area contributed by atoms with Crippen molar-refractivity contribution in [2.45, 2.75) is 77.2 Å². The number of hydrogen-bond acceptors (Lipinski definition) is 4. The largest absolute Gasteiger partial charge is 0.496 e. The molecule has 0 radical (unpaired) electrons. The number of methoxy groups -OCH3 is 1. The summed E-state index contributed by atoms with van der Waals surface area (Å²) in [7, 11) is 1.72. The minimum absolute atomic E-state index is 0.0207. The molecule has 5 rings (SSSR count). The van der Waals surface area contributed by atoms with Crippen LogP contribution < -0.4 is 9.64 Å². The second kappa shape index (κ2) is 11.7. The van der Waals surface area contributed by atoms with Crippen LogP contribution in [0.15, 0.2) is 54.7 Å². The minimum atomic E-state index is -0.268. The number of ether oxygens (including phenoxy) is 1. The molecule has 2 aromatic carbocycles. The van der Waals surface area contributed by atoms with Crippen molar-refractivity contribution in [1.82, 2.24) is 9.78 Å². The average molecular weight is 516 g/mol. The third-order valence-corrected chi connectivity index (χ3v) is 8.62. The van der Waals surface area contributed by atoms with Crippen molar-refractivity contribution in [3.8, 4) is 11.4 Å². The van der Waals surface area contributed by atoms with Crippen molar-refractivity contribution >= 4 is 11.6 Å². The van der Waals surface area contributed by atoms with Crippen LogP contribution in [0.1, 0.15) is 74.1 Å². The molecular weight excluding hydrogens is 474 g/mol. The van der Waals surface area contributed by atoms with Gasteiger partial charge in [-0.1, -0.05) is 18.2 Å². The van der Waals surface area contributed by atoms with Gasteiger partial charge >= 0.3 is 0 Å². The van der Waals surface area contributed by atoms with E-state index in [2.05, 4.69) is 42.4 Å². The van der Waals surface area contributed by atoms with E-state index in [1.54, 1.807) is 7.11 Å². The van der Waals surface area contributed by atoms with Gasteiger partial charge in [-0.3, -0.25) is 4.79 Å². The standard InChI is InChI=1S/C32H41N3O3/c1-22-19-27(13-16-31(22)38-3)25-9-7-24(8-10-25)21-34(32(37)26-11-14-30(36)15-12-26)28-5-4-6-29(20-28)35-18-17-23(2)33-35/h4-6,13,16-20,24-26,30,36H,7-12,14-15,21H2,1-3H3. The molecule has 0 atom stereocenters. The number of anilines is 1. The monoisotopic (exact) mass is 515 g/mol. The first kappa shape index (κ1) is 26.5. The van der Waals surface area contributed by atoms with Gasteiger partial charge in [0.1, 0.15) is 5.75 Å². The fourth-order valence-corrected chi connectivity index (χ4v) is 6.32. The quantitative estimate of drug-likeness (QED) is 0.398. The Balaban J connectivity index is 1.32. The highest BCUT2D eigenvalue weighted by Crippen LogP contribution is 2.38. The van der Waals surface area contributed by atoms with E-state index in [9.17, 15) is 9.90 Å². The molecular formula is C32H41N3O3. The number of rotatable bonds is 7. The highest BCUT2D eigenvalue weighted by molar-refractivity contribution is 5.95. The summed E-state index contributed by atoms with van der Waals surface area (Å²) in [6.45, 7) is 4.84. The van der Waals surface area contributed by atoms with E-state index in [0.717, 1.165) is 67.9 Å². The van der Waals surface area contributed by atoms with Crippen LogP contribution in [0.2, 0.25) is 0 Å². The summed E-state index contributed by atoms with van der Waals surface area (Å²) < 4.78 is 7.32. The highest BCUT2D eigenvalue weighted by atomic mass is 16.5. The molecule has 0 saturated heterocycles. The highest BCUT2D eigenvalue weighted by Gasteiger charge is 2.32. The molecule has 202 valence electrons. The molecule has 0 aliphatic heterocycles. The van der Waals surface area contributed by atoms with E-state index < -0.39 is 0 Å². The van der Waals surface area contributed by atoms with Crippen molar-refractivity contribution < 1.29 is 14.6 Å². The number of hydrogen-bond donors (Lipinski definition) is 1. The van der Waals surface area contributed by atoms with Crippen LogP contribution >= 0.6 is 0 Å². The lowest BCUT2D eigenvalue weighted by molar-refractivity contribution is -0.124. The smallest absolute Gasteiger partial charge is 0.230 e. The number of aromatic nitrogens is 2. The summed E-state index contributed by atoms with van der Waals surface area (Å²) in [4.78, 5) is 16.0. The summed E-state index contributed by atoms with van der Waals surface area (Å²) in [6, 6.07) is 16.8. The Kier molecular flexibility index (Phi) is 8.18. The zero-order valence-electron chi connectivity index (χ0n) is 23.0. The molecule has 2 fully saturated rings. The molecule has 1 amide bonds. The fourth-order valence-electron chi connectivity index (χ4n) is 6.32. The first-order chi connectivity index (χ1) is 18.4. The van der Waals surface area contributed by atoms with Crippen LogP contribution in [0.25, 0.3) is 5.69 Å². The number of benzene rings is 2. The SMILES string of the molecule is COc1ccc(C2CCC(CN(C(=O)C3CCC(O)CC3)c3cccc(-n4ccc(C)n4)c3)CC2)cc1C. The van der Waals surface area contributed by atoms with Crippen LogP contribution in [-0.2, 0) is 4.79 Å². The Morgan fingerprint density at radius 2 is 1.76 bits per heavy atom. The van der Waals surface area contributed by atoms with Crippen LogP contribution in [0.5, 0.6) is 5.75 Å². The average Bonchev–Trinajstić information content (AvgIpc) is 3.38. The third kappa shape index (κ3) is 5.96. The maximum atomic E-state index is 13.9. The molecule has 1 N–H and O–H groups in total. The molecule has 1 heterocycles. The van der Waals surface area contributed by atoms with E-state index in [4.69, 9.17) is 4.74 Å². The third-order valence-electron chi connectivity index (χ3n) is 8.62. The van der Waals surface area contributed by atoms with Gasteiger partial charge < -0.3 is 14.7 Å².